The van der Waals surface area contributed by atoms with Crippen molar-refractivity contribution in [2.24, 2.45) is 0 Å². The molecule has 2 nitrogen and oxygen atoms in total. The van der Waals surface area contributed by atoms with E-state index in [1.807, 2.05) is 7.05 Å². The Bertz CT molecular complexity index is 139. The van der Waals surface area contributed by atoms with Gasteiger partial charge in [-0.1, -0.05) is 20.4 Å². The van der Waals surface area contributed by atoms with Gasteiger partial charge in [0.15, 0.2) is 0 Å². The fourth-order valence-electron chi connectivity index (χ4n) is 1.70. The number of likely N-dealkylation sites (N-methyl/N-ethyl adjacent to an activating group) is 2. The van der Waals surface area contributed by atoms with Crippen LogP contribution in [0.1, 0.15) is 26.7 Å². The Kier molecular flexibility index (Phi) is 6.92. The Morgan fingerprint density at radius 1 is 1.38 bits per heavy atom. The highest BCUT2D eigenvalue weighted by Crippen LogP contribution is 2.07. The van der Waals surface area contributed by atoms with Crippen LogP contribution in [-0.2, 0) is 0 Å². The minimum Gasteiger partial charge on any atom is -0.316 e. The molecule has 0 aliphatic carbocycles. The molecule has 0 heterocycles. The Balaban J connectivity index is 3.82. The molecule has 0 aromatic carbocycles. The Morgan fingerprint density at radius 2 is 1.92 bits per heavy atom. The highest BCUT2D eigenvalue weighted by molar-refractivity contribution is 4.99. The SMILES string of the molecule is C=C(CNC)CN(C)C(CC)CC. The summed E-state index contributed by atoms with van der Waals surface area (Å²) in [5, 5.41) is 3.12. The Labute approximate surface area is 83.0 Å². The van der Waals surface area contributed by atoms with Gasteiger partial charge < -0.3 is 5.32 Å². The summed E-state index contributed by atoms with van der Waals surface area (Å²) in [6, 6.07) is 0.702. The van der Waals surface area contributed by atoms with Crippen molar-refractivity contribution < 1.29 is 0 Å². The van der Waals surface area contributed by atoms with Crippen LogP contribution in [0.25, 0.3) is 0 Å². The van der Waals surface area contributed by atoms with Crippen molar-refractivity contribution in [2.45, 2.75) is 32.7 Å². The van der Waals surface area contributed by atoms with Crippen molar-refractivity contribution in [2.75, 3.05) is 27.2 Å². The predicted molar refractivity (Wildman–Crippen MR) is 60.1 cm³/mol. The van der Waals surface area contributed by atoms with Gasteiger partial charge in [-0.2, -0.15) is 0 Å². The van der Waals surface area contributed by atoms with E-state index in [2.05, 4.69) is 37.7 Å². The lowest BCUT2D eigenvalue weighted by molar-refractivity contribution is 0.247. The molecule has 13 heavy (non-hydrogen) atoms. The zero-order chi connectivity index (χ0) is 10.3. The summed E-state index contributed by atoms with van der Waals surface area (Å²) in [7, 11) is 4.14. The van der Waals surface area contributed by atoms with E-state index < -0.39 is 0 Å². The molecule has 1 N–H and O–H groups in total. The highest BCUT2D eigenvalue weighted by Gasteiger charge is 2.10. The maximum Gasteiger partial charge on any atom is 0.0202 e. The minimum absolute atomic E-state index is 0.702. The molecule has 0 amide bonds. The van der Waals surface area contributed by atoms with Gasteiger partial charge in [-0.3, -0.25) is 4.90 Å². The molecular formula is C11H24N2. The van der Waals surface area contributed by atoms with E-state index in [1.54, 1.807) is 0 Å². The van der Waals surface area contributed by atoms with Crippen molar-refractivity contribution in [1.82, 2.24) is 10.2 Å². The molecule has 0 radical (unpaired) electrons. The second-order valence-electron chi connectivity index (χ2n) is 3.67. The first-order valence-electron chi connectivity index (χ1n) is 5.17. The smallest absolute Gasteiger partial charge is 0.0202 e. The second-order valence-corrected chi connectivity index (χ2v) is 3.67. The van der Waals surface area contributed by atoms with Crippen LogP contribution in [-0.4, -0.2) is 38.1 Å². The summed E-state index contributed by atoms with van der Waals surface area (Å²) < 4.78 is 0. The lowest BCUT2D eigenvalue weighted by Gasteiger charge is -2.26. The average Bonchev–Trinajstić information content (AvgIpc) is 2.06. The summed E-state index contributed by atoms with van der Waals surface area (Å²) in [6.45, 7) is 10.4. The number of rotatable bonds is 7. The van der Waals surface area contributed by atoms with Crippen molar-refractivity contribution in [1.29, 1.82) is 0 Å². The van der Waals surface area contributed by atoms with Crippen LogP contribution in [0.4, 0.5) is 0 Å². The Hall–Kier alpha value is -0.340. The zero-order valence-corrected chi connectivity index (χ0v) is 9.56. The lowest BCUT2D eigenvalue weighted by Crippen LogP contribution is -2.33. The molecule has 0 aromatic heterocycles. The third kappa shape index (κ3) is 5.06. The van der Waals surface area contributed by atoms with Crippen LogP contribution < -0.4 is 5.32 Å². The van der Waals surface area contributed by atoms with Crippen LogP contribution in [0.5, 0.6) is 0 Å². The van der Waals surface area contributed by atoms with Gasteiger partial charge in [0.2, 0.25) is 0 Å². The summed E-state index contributed by atoms with van der Waals surface area (Å²) >= 11 is 0. The van der Waals surface area contributed by atoms with Gasteiger partial charge in [0.25, 0.3) is 0 Å². The van der Waals surface area contributed by atoms with E-state index in [0.29, 0.717) is 6.04 Å². The van der Waals surface area contributed by atoms with Gasteiger partial charge >= 0.3 is 0 Å². The second kappa shape index (κ2) is 7.10. The summed E-state index contributed by atoms with van der Waals surface area (Å²) in [5.41, 5.74) is 1.26. The fraction of sp³-hybridized carbons (Fsp3) is 0.818. The van der Waals surface area contributed by atoms with Crippen LogP contribution in [0, 0.1) is 0 Å². The van der Waals surface area contributed by atoms with Crippen LogP contribution in [0.3, 0.4) is 0 Å². The molecule has 0 atom stereocenters. The van der Waals surface area contributed by atoms with Crippen molar-refractivity contribution in [3.05, 3.63) is 12.2 Å². The van der Waals surface area contributed by atoms with E-state index in [9.17, 15) is 0 Å². The quantitative estimate of drug-likeness (QED) is 0.608. The first-order chi connectivity index (χ1) is 6.15. The lowest BCUT2D eigenvalue weighted by atomic mass is 10.1. The van der Waals surface area contributed by atoms with E-state index in [-0.39, 0.29) is 0 Å². The zero-order valence-electron chi connectivity index (χ0n) is 9.56. The fourth-order valence-corrected chi connectivity index (χ4v) is 1.70. The molecule has 0 bridgehead atoms. The van der Waals surface area contributed by atoms with Gasteiger partial charge in [0.05, 0.1) is 0 Å². The van der Waals surface area contributed by atoms with Gasteiger partial charge in [-0.15, -0.1) is 0 Å². The molecule has 0 fully saturated rings. The van der Waals surface area contributed by atoms with Gasteiger partial charge in [-0.25, -0.2) is 0 Å². The van der Waals surface area contributed by atoms with E-state index in [4.69, 9.17) is 0 Å². The largest absolute Gasteiger partial charge is 0.316 e. The summed E-state index contributed by atoms with van der Waals surface area (Å²) in [5.74, 6) is 0. The van der Waals surface area contributed by atoms with Crippen LogP contribution in [0.2, 0.25) is 0 Å². The first kappa shape index (κ1) is 12.7. The molecule has 0 unspecified atom stereocenters. The minimum atomic E-state index is 0.702. The summed E-state index contributed by atoms with van der Waals surface area (Å²) in [4.78, 5) is 2.39. The average molecular weight is 184 g/mol. The highest BCUT2D eigenvalue weighted by atomic mass is 15.1. The molecule has 78 valence electrons. The molecule has 0 aliphatic heterocycles. The maximum atomic E-state index is 4.03. The molecule has 0 rings (SSSR count). The van der Waals surface area contributed by atoms with E-state index in [1.165, 1.54) is 18.4 Å². The normalized spacial score (nSPS) is 11.2. The number of nitrogens with one attached hydrogen (secondary N) is 1. The van der Waals surface area contributed by atoms with Gasteiger partial charge in [0.1, 0.15) is 0 Å². The Morgan fingerprint density at radius 3 is 2.31 bits per heavy atom. The van der Waals surface area contributed by atoms with Crippen LogP contribution >= 0.6 is 0 Å². The standard InChI is InChI=1S/C11H24N2/c1-6-11(7-2)13(5)9-10(3)8-12-4/h11-12H,3,6-9H2,1-2,4-5H3. The van der Waals surface area contributed by atoms with Crippen molar-refractivity contribution in [3.8, 4) is 0 Å². The van der Waals surface area contributed by atoms with Crippen LogP contribution in [0.15, 0.2) is 12.2 Å². The van der Waals surface area contributed by atoms with E-state index in [0.717, 1.165) is 13.1 Å². The molecule has 0 aromatic rings. The number of hydrogen-bond acceptors (Lipinski definition) is 2. The van der Waals surface area contributed by atoms with Crippen molar-refractivity contribution >= 4 is 0 Å². The summed E-state index contributed by atoms with van der Waals surface area (Å²) in [6.07, 6.45) is 2.44. The molecule has 0 saturated carbocycles. The first-order valence-corrected chi connectivity index (χ1v) is 5.17. The topological polar surface area (TPSA) is 15.3 Å². The van der Waals surface area contributed by atoms with Gasteiger partial charge in [-0.05, 0) is 32.5 Å². The maximum absolute atomic E-state index is 4.03. The molecule has 0 aliphatic rings. The van der Waals surface area contributed by atoms with Crippen molar-refractivity contribution in [3.63, 3.8) is 0 Å². The molecule has 0 saturated heterocycles. The predicted octanol–water partition coefficient (Wildman–Crippen LogP) is 1.88. The van der Waals surface area contributed by atoms with Gasteiger partial charge in [0, 0.05) is 19.1 Å². The number of hydrogen-bond donors (Lipinski definition) is 1. The third-order valence-corrected chi connectivity index (χ3v) is 2.47. The monoisotopic (exact) mass is 184 g/mol. The molecular weight excluding hydrogens is 160 g/mol. The molecule has 2 heteroatoms. The number of nitrogens with zero attached hydrogens (tertiary/aromatic N) is 1. The third-order valence-electron chi connectivity index (χ3n) is 2.47. The van der Waals surface area contributed by atoms with E-state index >= 15 is 0 Å². The molecule has 0 spiro atoms.